The van der Waals surface area contributed by atoms with E-state index in [0.29, 0.717) is 5.92 Å². The zero-order chi connectivity index (χ0) is 17.4. The van der Waals surface area contributed by atoms with Crippen LogP contribution in [0.15, 0.2) is 4.40 Å². The topological polar surface area (TPSA) is 38.7 Å². The van der Waals surface area contributed by atoms with Gasteiger partial charge in [-0.15, -0.1) is 0 Å². The molecule has 0 radical (unpaired) electrons. The first kappa shape index (κ1) is 20.0. The van der Waals surface area contributed by atoms with Crippen LogP contribution in [0.3, 0.4) is 0 Å². The maximum atomic E-state index is 12.0. The van der Waals surface area contributed by atoms with Gasteiger partial charge in [0, 0.05) is 12.6 Å². The molecule has 0 spiro atoms. The Kier molecular flexibility index (Phi) is 5.90. The zero-order valence-corrected chi connectivity index (χ0v) is 17.8. The minimum absolute atomic E-state index is 0.0754. The van der Waals surface area contributed by atoms with Gasteiger partial charge in [-0.2, -0.15) is 4.40 Å². The van der Waals surface area contributed by atoms with Crippen LogP contribution in [0.5, 0.6) is 0 Å². The molecule has 1 aliphatic carbocycles. The summed E-state index contributed by atoms with van der Waals surface area (Å²) in [5.41, 5.74) is -0.0754. The van der Waals surface area contributed by atoms with E-state index in [1.807, 2.05) is 27.0 Å². The smallest absolute Gasteiger partial charge is 0.192 e. The summed E-state index contributed by atoms with van der Waals surface area (Å²) in [5.74, 6) is 0.714. The van der Waals surface area contributed by atoms with Gasteiger partial charge in [-0.25, -0.2) is 4.21 Å². The Balaban J connectivity index is 2.78. The predicted octanol–water partition coefficient (Wildman–Crippen LogP) is 5.10. The Hall–Kier alpha value is -0.00312. The van der Waals surface area contributed by atoms with Gasteiger partial charge in [-0.3, -0.25) is 0 Å². The van der Waals surface area contributed by atoms with E-state index in [1.165, 1.54) is 0 Å². The van der Waals surface area contributed by atoms with Crippen LogP contribution in [0.2, 0.25) is 18.1 Å². The van der Waals surface area contributed by atoms with Crippen LogP contribution in [-0.4, -0.2) is 29.1 Å². The third-order valence-corrected chi connectivity index (χ3v) is 10.8. The maximum Gasteiger partial charge on any atom is 0.192 e. The molecule has 0 aromatic rings. The fourth-order valence-corrected chi connectivity index (χ4v) is 4.79. The van der Waals surface area contributed by atoms with Gasteiger partial charge in [-0.05, 0) is 57.7 Å². The fourth-order valence-electron chi connectivity index (χ4n) is 2.63. The molecule has 5 heteroatoms. The molecule has 1 rings (SSSR count). The van der Waals surface area contributed by atoms with E-state index in [9.17, 15) is 4.21 Å². The van der Waals surface area contributed by atoms with Crippen molar-refractivity contribution >= 4 is 25.5 Å². The van der Waals surface area contributed by atoms with E-state index in [0.717, 1.165) is 19.3 Å². The Morgan fingerprint density at radius 2 is 1.73 bits per heavy atom. The van der Waals surface area contributed by atoms with E-state index in [4.69, 9.17) is 4.43 Å². The molecule has 0 saturated heterocycles. The van der Waals surface area contributed by atoms with Gasteiger partial charge in [-0.1, -0.05) is 27.7 Å². The molecule has 0 bridgehead atoms. The van der Waals surface area contributed by atoms with Crippen LogP contribution in [-0.2, 0) is 15.4 Å². The van der Waals surface area contributed by atoms with Crippen molar-refractivity contribution in [3.63, 3.8) is 0 Å². The molecule has 22 heavy (non-hydrogen) atoms. The van der Waals surface area contributed by atoms with Crippen molar-refractivity contribution in [2.45, 2.75) is 96.2 Å². The second kappa shape index (κ2) is 6.48. The van der Waals surface area contributed by atoms with Crippen molar-refractivity contribution in [3.05, 3.63) is 0 Å². The van der Waals surface area contributed by atoms with Gasteiger partial charge in [0.25, 0.3) is 0 Å². The number of rotatable bonds is 5. The van der Waals surface area contributed by atoms with Gasteiger partial charge >= 0.3 is 0 Å². The molecule has 0 heterocycles. The first-order valence-corrected chi connectivity index (χ1v) is 12.3. The summed E-state index contributed by atoms with van der Waals surface area (Å²) in [5, 5.41) is 0.213. The number of nitrogens with zero attached hydrogens (tertiary/aromatic N) is 1. The number of hydrogen-bond donors (Lipinski definition) is 0. The lowest BCUT2D eigenvalue weighted by molar-refractivity contribution is -0.0476. The Bertz CT molecular complexity index is 441. The average Bonchev–Trinajstić information content (AvgIpc) is 2.23. The van der Waals surface area contributed by atoms with Gasteiger partial charge in [0.15, 0.2) is 8.32 Å². The summed E-state index contributed by atoms with van der Waals surface area (Å²) >= 11 is 0. The van der Waals surface area contributed by atoms with Crippen LogP contribution in [0, 0.1) is 5.92 Å². The minimum atomic E-state index is -1.79. The molecule has 0 aromatic carbocycles. The Morgan fingerprint density at radius 1 is 1.23 bits per heavy atom. The molecule has 0 aromatic heterocycles. The van der Waals surface area contributed by atoms with Crippen molar-refractivity contribution in [2.24, 2.45) is 10.3 Å². The van der Waals surface area contributed by atoms with Gasteiger partial charge in [0.1, 0.15) is 11.0 Å². The largest absolute Gasteiger partial charge is 0.411 e. The summed E-state index contributed by atoms with van der Waals surface area (Å²) in [6, 6.07) is 0. The van der Waals surface area contributed by atoms with E-state index < -0.39 is 19.3 Å². The highest BCUT2D eigenvalue weighted by Crippen LogP contribution is 2.48. The summed E-state index contributed by atoms with van der Waals surface area (Å²) in [6.07, 6.45) is 4.81. The normalized spacial score (nSPS) is 28.7. The zero-order valence-electron chi connectivity index (χ0n) is 15.9. The van der Waals surface area contributed by atoms with E-state index >= 15 is 0 Å². The number of hydrogen-bond acceptors (Lipinski definition) is 2. The first-order valence-electron chi connectivity index (χ1n) is 8.33. The van der Waals surface area contributed by atoms with E-state index in [-0.39, 0.29) is 15.4 Å². The SMILES string of the molecule is CC1CC(C/C=N/S(=O)C(C)(C)C)(O[Si](C)(C)C(C)(C)C)C1. The van der Waals surface area contributed by atoms with Crippen molar-refractivity contribution in [2.75, 3.05) is 0 Å². The average molecular weight is 346 g/mol. The second-order valence-electron chi connectivity index (χ2n) is 9.41. The van der Waals surface area contributed by atoms with E-state index in [1.54, 1.807) is 0 Å². The van der Waals surface area contributed by atoms with Crippen molar-refractivity contribution in [1.29, 1.82) is 0 Å². The fraction of sp³-hybridized carbons (Fsp3) is 0.941. The summed E-state index contributed by atoms with van der Waals surface area (Å²) < 4.78 is 22.7. The molecule has 0 aliphatic heterocycles. The van der Waals surface area contributed by atoms with E-state index in [2.05, 4.69) is 45.2 Å². The molecular weight excluding hydrogens is 310 g/mol. The molecule has 1 fully saturated rings. The molecular formula is C17H35NO2SSi. The molecule has 1 aliphatic rings. The standard InChI is InChI=1S/C17H35NO2SSi/c1-14-12-17(13-14,20-22(8,9)16(5,6)7)10-11-18-21(19)15(2,3)4/h11,14H,10,12-13H2,1-9H3/b18-11+. The summed E-state index contributed by atoms with van der Waals surface area (Å²) in [4.78, 5) is 0. The van der Waals surface area contributed by atoms with Crippen molar-refractivity contribution in [3.8, 4) is 0 Å². The van der Waals surface area contributed by atoms with Crippen LogP contribution in [0.1, 0.15) is 67.7 Å². The van der Waals surface area contributed by atoms with Crippen LogP contribution < -0.4 is 0 Å². The second-order valence-corrected chi connectivity index (χ2v) is 16.1. The molecule has 1 atom stereocenters. The Labute approximate surface area is 141 Å². The van der Waals surface area contributed by atoms with Crippen molar-refractivity contribution in [1.82, 2.24) is 0 Å². The Morgan fingerprint density at radius 3 is 2.09 bits per heavy atom. The molecule has 0 N–H and O–H groups in total. The van der Waals surface area contributed by atoms with Gasteiger partial charge in [0.2, 0.25) is 0 Å². The summed E-state index contributed by atoms with van der Waals surface area (Å²) in [7, 11) is -2.96. The maximum absolute atomic E-state index is 12.0. The third-order valence-electron chi connectivity index (χ3n) is 4.88. The van der Waals surface area contributed by atoms with Crippen LogP contribution >= 0.6 is 0 Å². The van der Waals surface area contributed by atoms with Gasteiger partial charge < -0.3 is 4.43 Å². The molecule has 1 saturated carbocycles. The minimum Gasteiger partial charge on any atom is -0.411 e. The highest BCUT2D eigenvalue weighted by Gasteiger charge is 2.49. The van der Waals surface area contributed by atoms with Crippen LogP contribution in [0.4, 0.5) is 0 Å². The highest BCUT2D eigenvalue weighted by atomic mass is 32.2. The molecule has 130 valence electrons. The third kappa shape index (κ3) is 5.00. The van der Waals surface area contributed by atoms with Crippen molar-refractivity contribution < 1.29 is 8.63 Å². The highest BCUT2D eigenvalue weighted by molar-refractivity contribution is 7.85. The van der Waals surface area contributed by atoms with Gasteiger partial charge in [0.05, 0.1) is 10.3 Å². The monoisotopic (exact) mass is 345 g/mol. The lowest BCUT2D eigenvalue weighted by Crippen LogP contribution is -2.55. The predicted molar refractivity (Wildman–Crippen MR) is 100 cm³/mol. The molecule has 1 unspecified atom stereocenters. The first-order chi connectivity index (χ1) is 9.69. The lowest BCUT2D eigenvalue weighted by atomic mass is 9.70. The molecule has 0 amide bonds. The van der Waals surface area contributed by atoms with Crippen LogP contribution in [0.25, 0.3) is 0 Å². The summed E-state index contributed by atoms with van der Waals surface area (Å²) in [6.45, 7) is 19.6. The quantitative estimate of drug-likeness (QED) is 0.513. The lowest BCUT2D eigenvalue weighted by Gasteiger charge is -2.52. The molecule has 3 nitrogen and oxygen atoms in total.